The number of nitrogens with one attached hydrogen (secondary N) is 2. The molecule has 1 saturated heterocycles. The van der Waals surface area contributed by atoms with Gasteiger partial charge in [0.15, 0.2) is 6.61 Å². The number of imide groups is 1. The summed E-state index contributed by atoms with van der Waals surface area (Å²) in [5, 5.41) is 5.03. The van der Waals surface area contributed by atoms with Crippen LogP contribution in [0.5, 0.6) is 0 Å². The Balaban J connectivity index is 1.76. The van der Waals surface area contributed by atoms with Crippen molar-refractivity contribution in [1.29, 1.82) is 0 Å². The smallest absolute Gasteiger partial charge is 0.326 e. The van der Waals surface area contributed by atoms with Gasteiger partial charge in [0.1, 0.15) is 17.8 Å². The monoisotopic (exact) mass is 337 g/mol. The van der Waals surface area contributed by atoms with Crippen molar-refractivity contribution in [3.8, 4) is 0 Å². The fourth-order valence-electron chi connectivity index (χ4n) is 2.10. The minimum atomic E-state index is -1.02. The number of carbonyl (C=O) groups is 4. The Morgan fingerprint density at radius 2 is 2.17 bits per heavy atom. The Morgan fingerprint density at radius 3 is 2.75 bits per heavy atom. The number of urea groups is 1. The van der Waals surface area contributed by atoms with E-state index in [4.69, 9.17) is 9.15 Å². The molecular weight excluding hydrogens is 318 g/mol. The first-order valence-corrected chi connectivity index (χ1v) is 7.44. The summed E-state index contributed by atoms with van der Waals surface area (Å²) in [7, 11) is 0. The molecule has 4 amide bonds. The lowest BCUT2D eigenvalue weighted by Crippen LogP contribution is -2.43. The van der Waals surface area contributed by atoms with E-state index in [0.29, 0.717) is 12.2 Å². The molecule has 24 heavy (non-hydrogen) atoms. The number of nitrogens with zero attached hydrogens (tertiary/aromatic N) is 1. The van der Waals surface area contributed by atoms with Crippen LogP contribution in [0.4, 0.5) is 4.79 Å². The van der Waals surface area contributed by atoms with Crippen molar-refractivity contribution in [3.63, 3.8) is 0 Å². The van der Waals surface area contributed by atoms with Crippen LogP contribution in [0.25, 0.3) is 0 Å². The molecule has 2 N–H and O–H groups in total. The summed E-state index contributed by atoms with van der Waals surface area (Å²) in [4.78, 5) is 48.0. The number of carbonyl (C=O) groups excluding carboxylic acids is 4. The van der Waals surface area contributed by atoms with E-state index in [1.165, 1.54) is 6.26 Å². The molecule has 9 heteroatoms. The first-order chi connectivity index (χ1) is 11.4. The lowest BCUT2D eigenvalue weighted by Gasteiger charge is -2.18. The molecule has 0 aliphatic carbocycles. The van der Waals surface area contributed by atoms with Crippen LogP contribution < -0.4 is 10.6 Å². The largest absolute Gasteiger partial charge is 0.467 e. The molecule has 0 saturated carbocycles. The van der Waals surface area contributed by atoms with Crippen LogP contribution in [-0.2, 0) is 25.7 Å². The summed E-state index contributed by atoms with van der Waals surface area (Å²) in [5.74, 6) is -1.29. The number of hydrogen-bond donors (Lipinski definition) is 2. The van der Waals surface area contributed by atoms with Crippen LogP contribution in [0, 0.1) is 0 Å². The third kappa shape index (κ3) is 3.92. The molecule has 1 aliphatic heterocycles. The Bertz CT molecular complexity index is 642. The van der Waals surface area contributed by atoms with E-state index in [9.17, 15) is 19.2 Å². The molecule has 1 aromatic heterocycles. The van der Waals surface area contributed by atoms with E-state index in [1.807, 2.05) is 0 Å². The van der Waals surface area contributed by atoms with Crippen molar-refractivity contribution in [2.45, 2.75) is 32.4 Å². The second kappa shape index (κ2) is 7.16. The predicted octanol–water partition coefficient (Wildman–Crippen LogP) is 0.160. The molecule has 0 aromatic carbocycles. The highest BCUT2D eigenvalue weighted by molar-refractivity contribution is 6.08. The number of esters is 1. The zero-order valence-electron chi connectivity index (χ0n) is 13.5. The molecule has 0 radical (unpaired) electrons. The normalized spacial score (nSPS) is 20.0. The molecule has 0 bridgehead atoms. The number of ether oxygens (including phenoxy) is 1. The summed E-state index contributed by atoms with van der Waals surface area (Å²) >= 11 is 0. The minimum Gasteiger partial charge on any atom is -0.467 e. The van der Waals surface area contributed by atoms with Crippen molar-refractivity contribution in [2.24, 2.45) is 0 Å². The Morgan fingerprint density at radius 1 is 1.42 bits per heavy atom. The lowest BCUT2D eigenvalue weighted by atomic mass is 9.99. The first kappa shape index (κ1) is 17.5. The second-order valence-corrected chi connectivity index (χ2v) is 5.52. The van der Waals surface area contributed by atoms with Crippen LogP contribution >= 0.6 is 0 Å². The summed E-state index contributed by atoms with van der Waals surface area (Å²) in [6, 6.07) is 2.72. The van der Waals surface area contributed by atoms with Crippen LogP contribution in [0.15, 0.2) is 22.8 Å². The zero-order valence-corrected chi connectivity index (χ0v) is 13.5. The molecule has 2 heterocycles. The maximum absolute atomic E-state index is 12.1. The number of hydrogen-bond acceptors (Lipinski definition) is 6. The Labute approximate surface area is 138 Å². The van der Waals surface area contributed by atoms with E-state index >= 15 is 0 Å². The van der Waals surface area contributed by atoms with E-state index < -0.39 is 42.5 Å². The molecule has 1 atom stereocenters. The van der Waals surface area contributed by atoms with Crippen LogP contribution in [0.1, 0.15) is 26.0 Å². The van der Waals surface area contributed by atoms with E-state index in [1.54, 1.807) is 26.0 Å². The number of furan rings is 1. The van der Waals surface area contributed by atoms with Crippen LogP contribution in [-0.4, -0.2) is 47.4 Å². The van der Waals surface area contributed by atoms with Crippen molar-refractivity contribution >= 4 is 23.8 Å². The van der Waals surface area contributed by atoms with Gasteiger partial charge in [-0.2, -0.15) is 0 Å². The maximum atomic E-state index is 12.1. The molecule has 2 rings (SSSR count). The third-order valence-corrected chi connectivity index (χ3v) is 3.74. The van der Waals surface area contributed by atoms with Gasteiger partial charge in [-0.25, -0.2) is 4.79 Å². The molecule has 9 nitrogen and oxygen atoms in total. The Hall–Kier alpha value is -2.84. The molecule has 1 aromatic rings. The van der Waals surface area contributed by atoms with Crippen molar-refractivity contribution < 1.29 is 28.3 Å². The van der Waals surface area contributed by atoms with Gasteiger partial charge in [-0.05, 0) is 25.5 Å². The van der Waals surface area contributed by atoms with Gasteiger partial charge in [0.25, 0.3) is 11.8 Å². The second-order valence-electron chi connectivity index (χ2n) is 5.52. The summed E-state index contributed by atoms with van der Waals surface area (Å²) in [6.07, 6.45) is 1.88. The van der Waals surface area contributed by atoms with Gasteiger partial charge in [0.2, 0.25) is 0 Å². The summed E-state index contributed by atoms with van der Waals surface area (Å²) < 4.78 is 9.82. The highest BCUT2D eigenvalue weighted by Gasteiger charge is 2.47. The summed E-state index contributed by atoms with van der Waals surface area (Å²) in [6.45, 7) is 2.47. The van der Waals surface area contributed by atoms with E-state index in [0.717, 1.165) is 4.90 Å². The average Bonchev–Trinajstić information content (AvgIpc) is 3.14. The summed E-state index contributed by atoms with van der Waals surface area (Å²) in [5.41, 5.74) is -1.02. The fraction of sp³-hybridized carbons (Fsp3) is 0.467. The van der Waals surface area contributed by atoms with Crippen LogP contribution in [0.3, 0.4) is 0 Å². The van der Waals surface area contributed by atoms with Gasteiger partial charge in [0.05, 0.1) is 12.8 Å². The molecule has 0 unspecified atom stereocenters. The quantitative estimate of drug-likeness (QED) is 0.540. The maximum Gasteiger partial charge on any atom is 0.326 e. The van der Waals surface area contributed by atoms with Gasteiger partial charge < -0.3 is 19.8 Å². The molecule has 1 aliphatic rings. The fourth-order valence-corrected chi connectivity index (χ4v) is 2.10. The van der Waals surface area contributed by atoms with Crippen molar-refractivity contribution in [1.82, 2.24) is 15.5 Å². The number of rotatable bonds is 7. The molecule has 130 valence electrons. The predicted molar refractivity (Wildman–Crippen MR) is 80.5 cm³/mol. The Kier molecular flexibility index (Phi) is 5.22. The minimum absolute atomic E-state index is 0.172. The van der Waals surface area contributed by atoms with Gasteiger partial charge in [0, 0.05) is 0 Å². The van der Waals surface area contributed by atoms with Gasteiger partial charge in [-0.1, -0.05) is 6.92 Å². The highest BCUT2D eigenvalue weighted by atomic mass is 16.5. The topological polar surface area (TPSA) is 118 Å². The van der Waals surface area contributed by atoms with E-state index in [-0.39, 0.29) is 6.54 Å². The van der Waals surface area contributed by atoms with Crippen molar-refractivity contribution in [2.75, 3.05) is 13.2 Å². The van der Waals surface area contributed by atoms with Crippen LogP contribution in [0.2, 0.25) is 0 Å². The standard InChI is InChI=1S/C15H19N3O6/c1-3-15(2)13(21)18(14(22)17-15)8-12(20)24-9-11(19)16-7-10-5-4-6-23-10/h4-6H,3,7-9H2,1-2H3,(H,16,19)(H,17,22)/t15-/m0/s1. The van der Waals surface area contributed by atoms with E-state index in [2.05, 4.69) is 10.6 Å². The molecule has 1 fully saturated rings. The zero-order chi connectivity index (χ0) is 17.7. The van der Waals surface area contributed by atoms with Gasteiger partial charge in [-0.15, -0.1) is 0 Å². The molecule has 0 spiro atoms. The van der Waals surface area contributed by atoms with Crippen molar-refractivity contribution in [3.05, 3.63) is 24.2 Å². The average molecular weight is 337 g/mol. The third-order valence-electron chi connectivity index (χ3n) is 3.74. The van der Waals surface area contributed by atoms with Gasteiger partial charge >= 0.3 is 12.0 Å². The molecular formula is C15H19N3O6. The first-order valence-electron chi connectivity index (χ1n) is 7.44. The highest BCUT2D eigenvalue weighted by Crippen LogP contribution is 2.20. The van der Waals surface area contributed by atoms with Gasteiger partial charge in [-0.3, -0.25) is 19.3 Å². The SMILES string of the molecule is CC[C@]1(C)NC(=O)N(CC(=O)OCC(=O)NCc2ccco2)C1=O. The lowest BCUT2D eigenvalue weighted by molar-refractivity contribution is -0.151. The number of amides is 4.